The van der Waals surface area contributed by atoms with E-state index in [0.29, 0.717) is 0 Å². The summed E-state index contributed by atoms with van der Waals surface area (Å²) < 4.78 is 13.3. The Kier molecular flexibility index (Phi) is 4.99. The van der Waals surface area contributed by atoms with E-state index in [1.165, 1.54) is 16.7 Å². The van der Waals surface area contributed by atoms with Crippen LogP contribution in [0.5, 0.6) is 11.5 Å². The number of fused-ring (bicyclic) bond motifs is 1. The number of nitrogens with zero attached hydrogens (tertiary/aromatic N) is 2. The van der Waals surface area contributed by atoms with Crippen molar-refractivity contribution in [2.75, 3.05) is 26.1 Å². The lowest BCUT2D eigenvalue weighted by Gasteiger charge is -2.12. The third-order valence-electron chi connectivity index (χ3n) is 5.38. The van der Waals surface area contributed by atoms with Crippen LogP contribution >= 0.6 is 0 Å². The van der Waals surface area contributed by atoms with Crippen molar-refractivity contribution in [3.63, 3.8) is 0 Å². The smallest absolute Gasteiger partial charge is 0.170 e. The van der Waals surface area contributed by atoms with Gasteiger partial charge in [-0.15, -0.1) is 0 Å². The summed E-state index contributed by atoms with van der Waals surface area (Å²) in [5, 5.41) is 8.70. The number of methoxy groups -OCH3 is 2. The highest BCUT2D eigenvalue weighted by atomic mass is 16.5. The molecule has 28 heavy (non-hydrogen) atoms. The third kappa shape index (κ3) is 3.11. The first kappa shape index (κ1) is 18.4. The Labute approximate surface area is 166 Å². The summed E-state index contributed by atoms with van der Waals surface area (Å²) >= 11 is 0. The van der Waals surface area contributed by atoms with Crippen molar-refractivity contribution >= 4 is 5.82 Å². The molecule has 4 rings (SSSR count). The van der Waals surface area contributed by atoms with E-state index in [1.54, 1.807) is 14.2 Å². The average Bonchev–Trinajstić information content (AvgIpc) is 2.89. The Morgan fingerprint density at radius 3 is 2.68 bits per heavy atom. The average molecular weight is 377 g/mol. The third-order valence-corrected chi connectivity index (χ3v) is 5.38. The molecule has 0 aliphatic carbocycles. The standard InChI is InChI=1S/C23H27N3O2/c1-15-11-12-16(2)19(14-15)26-23-18(8-5-6-13-24-23)21(25-26)17-9-7-10-20(27-3)22(17)28-4/h7,9-12,14,24H,5-6,8,13H2,1-4H3. The lowest BCUT2D eigenvalue weighted by atomic mass is 10.0. The van der Waals surface area contributed by atoms with Gasteiger partial charge in [-0.05, 0) is 62.4 Å². The molecule has 2 heterocycles. The zero-order valence-electron chi connectivity index (χ0n) is 17.0. The fraction of sp³-hybridized carbons (Fsp3) is 0.348. The number of aryl methyl sites for hydroxylation is 2. The normalized spacial score (nSPS) is 13.4. The summed E-state index contributed by atoms with van der Waals surface area (Å²) in [6, 6.07) is 12.5. The first-order valence-corrected chi connectivity index (χ1v) is 9.78. The molecule has 0 amide bonds. The van der Waals surface area contributed by atoms with Gasteiger partial charge in [-0.2, -0.15) is 5.10 Å². The van der Waals surface area contributed by atoms with Crippen LogP contribution in [0.15, 0.2) is 36.4 Å². The van der Waals surface area contributed by atoms with Gasteiger partial charge < -0.3 is 14.8 Å². The first-order chi connectivity index (χ1) is 13.6. The Bertz CT molecular complexity index is 1010. The van der Waals surface area contributed by atoms with Crippen LogP contribution in [0.3, 0.4) is 0 Å². The van der Waals surface area contributed by atoms with E-state index in [2.05, 4.69) is 48.1 Å². The number of hydrogen-bond acceptors (Lipinski definition) is 4. The molecule has 2 aromatic carbocycles. The van der Waals surface area contributed by atoms with Crippen LogP contribution in [0.1, 0.15) is 29.5 Å². The van der Waals surface area contributed by atoms with Gasteiger partial charge in [-0.25, -0.2) is 4.68 Å². The Hall–Kier alpha value is -2.95. The molecule has 0 atom stereocenters. The molecule has 1 aromatic heterocycles. The van der Waals surface area contributed by atoms with Crippen molar-refractivity contribution in [2.45, 2.75) is 33.1 Å². The number of rotatable bonds is 4. The Morgan fingerprint density at radius 2 is 1.89 bits per heavy atom. The monoisotopic (exact) mass is 377 g/mol. The number of hydrogen-bond donors (Lipinski definition) is 1. The molecule has 5 heteroatoms. The molecular formula is C23H27N3O2. The fourth-order valence-electron chi connectivity index (χ4n) is 3.91. The van der Waals surface area contributed by atoms with Crippen molar-refractivity contribution in [3.8, 4) is 28.4 Å². The minimum absolute atomic E-state index is 0.719. The topological polar surface area (TPSA) is 48.3 Å². The Balaban J connectivity index is 1.98. The van der Waals surface area contributed by atoms with Crippen LogP contribution in [0.4, 0.5) is 5.82 Å². The van der Waals surface area contributed by atoms with Crippen LogP contribution in [-0.4, -0.2) is 30.5 Å². The van der Waals surface area contributed by atoms with Crippen molar-refractivity contribution in [2.24, 2.45) is 0 Å². The van der Waals surface area contributed by atoms with E-state index in [-0.39, 0.29) is 0 Å². The number of nitrogens with one attached hydrogen (secondary N) is 1. The molecule has 3 aromatic rings. The zero-order chi connectivity index (χ0) is 19.7. The molecule has 0 spiro atoms. The first-order valence-electron chi connectivity index (χ1n) is 9.78. The molecule has 0 radical (unpaired) electrons. The van der Waals surface area contributed by atoms with E-state index in [9.17, 15) is 0 Å². The molecule has 0 fully saturated rings. The summed E-state index contributed by atoms with van der Waals surface area (Å²) in [7, 11) is 3.35. The van der Waals surface area contributed by atoms with Crippen molar-refractivity contribution in [1.29, 1.82) is 0 Å². The molecule has 0 unspecified atom stereocenters. The van der Waals surface area contributed by atoms with Gasteiger partial charge in [-0.1, -0.05) is 18.2 Å². The molecule has 146 valence electrons. The second kappa shape index (κ2) is 7.58. The maximum atomic E-state index is 5.71. The van der Waals surface area contributed by atoms with Gasteiger partial charge >= 0.3 is 0 Å². The Morgan fingerprint density at radius 1 is 1.04 bits per heavy atom. The van der Waals surface area contributed by atoms with Crippen LogP contribution < -0.4 is 14.8 Å². The molecule has 5 nitrogen and oxygen atoms in total. The SMILES string of the molecule is COc1cccc(-c2nn(-c3cc(C)ccc3C)c3c2CCCCN3)c1OC. The molecular weight excluding hydrogens is 350 g/mol. The summed E-state index contributed by atoms with van der Waals surface area (Å²) in [6.45, 7) is 5.20. The van der Waals surface area contributed by atoms with Gasteiger partial charge in [0.05, 0.1) is 19.9 Å². The van der Waals surface area contributed by atoms with Gasteiger partial charge in [0.25, 0.3) is 0 Å². The second-order valence-corrected chi connectivity index (χ2v) is 7.30. The van der Waals surface area contributed by atoms with Gasteiger partial charge in [0, 0.05) is 17.7 Å². The van der Waals surface area contributed by atoms with Gasteiger partial charge in [0.1, 0.15) is 11.5 Å². The van der Waals surface area contributed by atoms with Crippen molar-refractivity contribution in [1.82, 2.24) is 9.78 Å². The number of para-hydroxylation sites is 1. The number of anilines is 1. The van der Waals surface area contributed by atoms with Crippen LogP contribution in [0.25, 0.3) is 16.9 Å². The van der Waals surface area contributed by atoms with Gasteiger partial charge in [0.15, 0.2) is 11.5 Å². The molecule has 0 saturated carbocycles. The van der Waals surface area contributed by atoms with Crippen molar-refractivity contribution in [3.05, 3.63) is 53.1 Å². The lowest BCUT2D eigenvalue weighted by molar-refractivity contribution is 0.356. The maximum Gasteiger partial charge on any atom is 0.170 e. The zero-order valence-corrected chi connectivity index (χ0v) is 17.0. The summed E-state index contributed by atoms with van der Waals surface area (Å²) in [5.74, 6) is 2.53. The van der Waals surface area contributed by atoms with E-state index >= 15 is 0 Å². The predicted molar refractivity (Wildman–Crippen MR) is 113 cm³/mol. The van der Waals surface area contributed by atoms with Crippen LogP contribution in [0, 0.1) is 13.8 Å². The van der Waals surface area contributed by atoms with Gasteiger partial charge in [-0.3, -0.25) is 0 Å². The highest BCUT2D eigenvalue weighted by Crippen LogP contribution is 2.42. The predicted octanol–water partition coefficient (Wildman–Crippen LogP) is 4.92. The lowest BCUT2D eigenvalue weighted by Crippen LogP contribution is -2.08. The largest absolute Gasteiger partial charge is 0.493 e. The van der Waals surface area contributed by atoms with E-state index in [4.69, 9.17) is 14.6 Å². The molecule has 0 saturated heterocycles. The molecule has 1 aliphatic rings. The van der Waals surface area contributed by atoms with E-state index < -0.39 is 0 Å². The summed E-state index contributed by atoms with van der Waals surface area (Å²) in [5.41, 5.74) is 6.70. The highest BCUT2D eigenvalue weighted by Gasteiger charge is 2.25. The van der Waals surface area contributed by atoms with E-state index in [0.717, 1.165) is 60.1 Å². The summed E-state index contributed by atoms with van der Waals surface area (Å²) in [6.07, 6.45) is 3.27. The number of benzene rings is 2. The highest BCUT2D eigenvalue weighted by molar-refractivity contribution is 5.78. The number of ether oxygens (including phenoxy) is 2. The minimum Gasteiger partial charge on any atom is -0.493 e. The minimum atomic E-state index is 0.719. The van der Waals surface area contributed by atoms with Crippen molar-refractivity contribution < 1.29 is 9.47 Å². The van der Waals surface area contributed by atoms with Crippen LogP contribution in [0.2, 0.25) is 0 Å². The molecule has 1 aliphatic heterocycles. The van der Waals surface area contributed by atoms with E-state index in [1.807, 2.05) is 12.1 Å². The maximum absolute atomic E-state index is 5.71. The summed E-state index contributed by atoms with van der Waals surface area (Å²) in [4.78, 5) is 0. The molecule has 0 bridgehead atoms. The molecule has 1 N–H and O–H groups in total. The quantitative estimate of drug-likeness (QED) is 0.701. The van der Waals surface area contributed by atoms with Crippen LogP contribution in [-0.2, 0) is 6.42 Å². The van der Waals surface area contributed by atoms with Gasteiger partial charge in [0.2, 0.25) is 0 Å². The second-order valence-electron chi connectivity index (χ2n) is 7.30. The fourth-order valence-corrected chi connectivity index (χ4v) is 3.91. The number of aromatic nitrogens is 2.